The van der Waals surface area contributed by atoms with Crippen LogP contribution in [0.15, 0.2) is 0 Å². The van der Waals surface area contributed by atoms with Crippen molar-refractivity contribution >= 4 is 58.3 Å². The standard InChI is InChI=1S/C20H41N3O8S4/c1-19(28-7,29-8)13-22(17(32)33,11-15(24-3)25-4)21-23(18(34)35,12-16(26-5)27-6)14-20(2,30-9)31-10/h15-16,21H,11-14H2,1-10H3/p+2. The molecule has 0 aliphatic rings. The number of thiocarbonyl (C=S) groups is 2. The van der Waals surface area contributed by atoms with E-state index in [2.05, 4.69) is 30.8 Å². The zero-order valence-electron chi connectivity index (χ0n) is 22.4. The lowest BCUT2D eigenvalue weighted by atomic mass is 10.2. The number of nitrogens with one attached hydrogen (secondary N) is 1. The minimum Gasteiger partial charge on any atom is -0.351 e. The van der Waals surface area contributed by atoms with E-state index in [0.717, 1.165) is 0 Å². The number of ether oxygens (including phenoxy) is 8. The Hall–Kier alpha value is 0.440. The van der Waals surface area contributed by atoms with Gasteiger partial charge in [0.1, 0.15) is 0 Å². The molecule has 0 aliphatic heterocycles. The average molecular weight is 582 g/mol. The number of quaternary nitrogens is 2. The second kappa shape index (κ2) is 15.8. The van der Waals surface area contributed by atoms with Crippen LogP contribution in [0.5, 0.6) is 0 Å². The maximum atomic E-state index is 5.68. The predicted molar refractivity (Wildman–Crippen MR) is 147 cm³/mol. The van der Waals surface area contributed by atoms with Gasteiger partial charge in [0.15, 0.2) is 26.2 Å². The number of nitrogens with zero attached hydrogens (tertiary/aromatic N) is 2. The van der Waals surface area contributed by atoms with Gasteiger partial charge in [0.05, 0.1) is 0 Å². The Bertz CT molecular complexity index is 610. The van der Waals surface area contributed by atoms with E-state index in [-0.39, 0.29) is 44.0 Å². The Kier molecular flexibility index (Phi) is 16.0. The summed E-state index contributed by atoms with van der Waals surface area (Å²) in [7, 11) is 12.3. The molecule has 0 fully saturated rings. The highest BCUT2D eigenvalue weighted by Gasteiger charge is 2.54. The lowest BCUT2D eigenvalue weighted by Crippen LogP contribution is -2.80. The molecule has 208 valence electrons. The normalized spacial score (nSPS) is 16.4. The minimum atomic E-state index is -1.09. The zero-order chi connectivity index (χ0) is 27.5. The monoisotopic (exact) mass is 581 g/mol. The first-order valence-corrected chi connectivity index (χ1v) is 12.3. The van der Waals surface area contributed by atoms with Crippen LogP contribution in [0.1, 0.15) is 13.8 Å². The molecule has 2 unspecified atom stereocenters. The Morgan fingerprint density at radius 3 is 1.09 bits per heavy atom. The van der Waals surface area contributed by atoms with Gasteiger partial charge in [0, 0.05) is 62.4 Å². The van der Waals surface area contributed by atoms with Gasteiger partial charge in [0.2, 0.25) is 24.2 Å². The molecule has 35 heavy (non-hydrogen) atoms. The summed E-state index contributed by atoms with van der Waals surface area (Å²) in [6, 6.07) is 0. The van der Waals surface area contributed by atoms with Gasteiger partial charge in [-0.25, -0.2) is 0 Å². The highest BCUT2D eigenvalue weighted by atomic mass is 32.1. The minimum absolute atomic E-state index is 0.142. The first-order valence-electron chi connectivity index (χ1n) is 10.6. The molecular weight excluding hydrogens is 539 g/mol. The van der Waals surface area contributed by atoms with Gasteiger partial charge in [-0.05, 0) is 38.3 Å². The molecule has 11 nitrogen and oxygen atoms in total. The molecule has 0 radical (unpaired) electrons. The number of hydrogen-bond donors (Lipinski definition) is 3. The molecular formula is C20H43N3O8S4+2. The third-order valence-electron chi connectivity index (χ3n) is 5.93. The smallest absolute Gasteiger partial charge is 0.254 e. The van der Waals surface area contributed by atoms with Crippen LogP contribution >= 0.6 is 49.7 Å². The van der Waals surface area contributed by atoms with Crippen LogP contribution in [-0.2, 0) is 37.9 Å². The van der Waals surface area contributed by atoms with Crippen LogP contribution < -0.4 is 5.53 Å². The second-order valence-electron chi connectivity index (χ2n) is 8.17. The highest BCUT2D eigenvalue weighted by molar-refractivity contribution is 8.10. The summed E-state index contributed by atoms with van der Waals surface area (Å²) in [6.07, 6.45) is -1.37. The topological polar surface area (TPSA) is 85.9 Å². The lowest BCUT2D eigenvalue weighted by Gasteiger charge is -2.48. The predicted octanol–water partition coefficient (Wildman–Crippen LogP) is 1.72. The molecule has 0 rings (SSSR count). The van der Waals surface area contributed by atoms with Crippen molar-refractivity contribution in [3.63, 3.8) is 0 Å². The Labute approximate surface area is 231 Å². The van der Waals surface area contributed by atoms with Crippen molar-refractivity contribution in [1.29, 1.82) is 0 Å². The summed E-state index contributed by atoms with van der Waals surface area (Å²) in [6.45, 7) is 4.16. The molecule has 1 N–H and O–H groups in total. The maximum Gasteiger partial charge on any atom is 0.254 e. The van der Waals surface area contributed by atoms with Crippen molar-refractivity contribution in [2.75, 3.05) is 83.1 Å². The molecule has 0 aromatic carbocycles. The van der Waals surface area contributed by atoms with Crippen molar-refractivity contribution in [3.8, 4) is 0 Å². The summed E-state index contributed by atoms with van der Waals surface area (Å²) in [5.74, 6) is -2.18. The number of methoxy groups -OCH3 is 8. The molecule has 2 atom stereocenters. The van der Waals surface area contributed by atoms with E-state index in [4.69, 9.17) is 62.3 Å². The zero-order valence-corrected chi connectivity index (χ0v) is 25.8. The van der Waals surface area contributed by atoms with Crippen molar-refractivity contribution in [2.24, 2.45) is 0 Å². The largest absolute Gasteiger partial charge is 0.351 e. The molecule has 0 aliphatic carbocycles. The average Bonchev–Trinajstić information content (AvgIpc) is 2.84. The van der Waals surface area contributed by atoms with Crippen LogP contribution in [-0.4, -0.2) is 125 Å². The van der Waals surface area contributed by atoms with Crippen LogP contribution in [0.25, 0.3) is 0 Å². The number of hydrogen-bond acceptors (Lipinski definition) is 11. The molecule has 0 heterocycles. The van der Waals surface area contributed by atoms with E-state index >= 15 is 0 Å². The summed E-state index contributed by atoms with van der Waals surface area (Å²) >= 11 is 20.6. The van der Waals surface area contributed by atoms with E-state index in [9.17, 15) is 0 Å². The molecule has 0 amide bonds. The maximum absolute atomic E-state index is 5.68. The first-order chi connectivity index (χ1) is 16.2. The SMILES string of the molecule is COC(C[N+](CC(C)(OC)OC)(N[N+](CC(OC)OC)(CC(C)(OC)OC)C(=S)S)C(=S)S)OC. The Morgan fingerprint density at radius 2 is 0.914 bits per heavy atom. The third-order valence-corrected chi connectivity index (χ3v) is 7.39. The molecule has 0 bridgehead atoms. The van der Waals surface area contributed by atoms with Gasteiger partial charge in [-0.3, -0.25) is 0 Å². The molecule has 0 spiro atoms. The number of thiol groups is 2. The summed E-state index contributed by atoms with van der Waals surface area (Å²) in [5.41, 5.74) is 3.53. The fourth-order valence-corrected chi connectivity index (χ4v) is 4.18. The van der Waals surface area contributed by atoms with E-state index in [1.807, 2.05) is 0 Å². The van der Waals surface area contributed by atoms with Gasteiger partial charge in [-0.15, -0.1) is 9.18 Å². The highest BCUT2D eigenvalue weighted by Crippen LogP contribution is 2.27. The van der Waals surface area contributed by atoms with Crippen molar-refractivity contribution in [2.45, 2.75) is 38.0 Å². The fourth-order valence-electron chi connectivity index (χ4n) is 3.43. The van der Waals surface area contributed by atoms with E-state index < -0.39 is 24.2 Å². The van der Waals surface area contributed by atoms with Crippen molar-refractivity contribution < 1.29 is 47.1 Å². The Morgan fingerprint density at radius 1 is 0.657 bits per heavy atom. The molecule has 0 aromatic heterocycles. The van der Waals surface area contributed by atoms with Crippen molar-refractivity contribution in [1.82, 2.24) is 5.53 Å². The third kappa shape index (κ3) is 9.92. The summed E-state index contributed by atoms with van der Waals surface area (Å²) < 4.78 is 44.8. The van der Waals surface area contributed by atoms with Gasteiger partial charge >= 0.3 is 0 Å². The van der Waals surface area contributed by atoms with E-state index in [0.29, 0.717) is 0 Å². The van der Waals surface area contributed by atoms with Gasteiger partial charge in [0.25, 0.3) is 8.64 Å². The fraction of sp³-hybridized carbons (Fsp3) is 0.900. The van der Waals surface area contributed by atoms with Gasteiger partial charge < -0.3 is 37.9 Å². The van der Waals surface area contributed by atoms with Crippen molar-refractivity contribution in [3.05, 3.63) is 0 Å². The summed E-state index contributed by atoms with van der Waals surface area (Å²) in [4.78, 5) is 0. The number of rotatable bonds is 18. The second-order valence-corrected chi connectivity index (χ2v) is 10.4. The van der Waals surface area contributed by atoms with Gasteiger partial charge in [-0.1, -0.05) is 25.3 Å². The van der Waals surface area contributed by atoms with E-state index in [1.54, 1.807) is 13.8 Å². The molecule has 15 heteroatoms. The van der Waals surface area contributed by atoms with Crippen LogP contribution in [0.3, 0.4) is 0 Å². The quantitative estimate of drug-likeness (QED) is 0.0728. The first kappa shape index (κ1) is 35.4. The molecule has 0 saturated heterocycles. The van der Waals surface area contributed by atoms with E-state index in [1.165, 1.54) is 56.9 Å². The summed E-state index contributed by atoms with van der Waals surface area (Å²) in [5, 5.41) is 0. The molecule has 0 aromatic rings. The molecule has 0 saturated carbocycles. The Balaban J connectivity index is 7.10. The van der Waals surface area contributed by atoms with Crippen LogP contribution in [0.4, 0.5) is 0 Å². The van der Waals surface area contributed by atoms with Gasteiger partial charge in [-0.2, -0.15) is 0 Å². The van der Waals surface area contributed by atoms with Crippen LogP contribution in [0.2, 0.25) is 0 Å². The van der Waals surface area contributed by atoms with Crippen LogP contribution in [0, 0.1) is 0 Å². The lowest BCUT2D eigenvalue weighted by molar-refractivity contribution is -1.10.